The molecule has 0 N–H and O–H groups in total. The number of thiazole rings is 1. The summed E-state index contributed by atoms with van der Waals surface area (Å²) < 4.78 is 49.8. The number of hydrogen-bond donors (Lipinski definition) is 0. The molecule has 0 amide bonds. The fourth-order valence-electron chi connectivity index (χ4n) is 1.35. The van der Waals surface area contributed by atoms with Crippen LogP contribution in [0.25, 0.3) is 10.3 Å². The molecule has 2 rings (SSSR count). The molecule has 0 aliphatic heterocycles. The van der Waals surface area contributed by atoms with Gasteiger partial charge in [-0.15, -0.1) is 0 Å². The number of hydrogen-bond acceptors (Lipinski definition) is 5. The van der Waals surface area contributed by atoms with Crippen LogP contribution in [-0.4, -0.2) is 25.8 Å². The molecule has 18 heavy (non-hydrogen) atoms. The quantitative estimate of drug-likeness (QED) is 0.798. The van der Waals surface area contributed by atoms with E-state index in [1.807, 2.05) is 0 Å². The van der Waals surface area contributed by atoms with Gasteiger partial charge in [-0.2, -0.15) is 18.2 Å². The lowest BCUT2D eigenvalue weighted by Gasteiger charge is -2.05. The summed E-state index contributed by atoms with van der Waals surface area (Å²) in [4.78, 5) is 10.7. The first-order valence-electron chi connectivity index (χ1n) is 4.91. The molecule has 0 bridgehead atoms. The summed E-state index contributed by atoms with van der Waals surface area (Å²) in [5.74, 6) is -1.20. The van der Waals surface area contributed by atoms with E-state index in [1.165, 1.54) is 6.26 Å². The summed E-state index contributed by atoms with van der Waals surface area (Å²) in [6.07, 6.45) is -2.85. The normalized spacial score (nSPS) is 14.1. The van der Waals surface area contributed by atoms with Gasteiger partial charge >= 0.3 is 10.5 Å². The molecule has 98 valence electrons. The molecule has 9 heteroatoms. The molecule has 0 saturated carbocycles. The van der Waals surface area contributed by atoms with Crippen molar-refractivity contribution in [2.45, 2.75) is 23.9 Å². The largest absolute Gasteiger partial charge is 0.610 e. The average molecular weight is 295 g/mol. The zero-order chi connectivity index (χ0) is 13.5. The number of aryl methyl sites for hydroxylation is 1. The molecule has 0 radical (unpaired) electrons. The Morgan fingerprint density at radius 2 is 1.94 bits per heavy atom. The molecule has 0 aliphatic carbocycles. The zero-order valence-electron chi connectivity index (χ0n) is 9.41. The predicted octanol–water partition coefficient (Wildman–Crippen LogP) is 2.40. The molecule has 2 aromatic heterocycles. The maximum Gasteiger partial charge on any atom is 0.451 e. The first-order valence-corrected chi connectivity index (χ1v) is 7.28. The van der Waals surface area contributed by atoms with Gasteiger partial charge < -0.3 is 4.55 Å². The van der Waals surface area contributed by atoms with Crippen molar-refractivity contribution in [2.24, 2.45) is 0 Å². The predicted molar refractivity (Wildman–Crippen MR) is 61.9 cm³/mol. The van der Waals surface area contributed by atoms with Gasteiger partial charge in [0.2, 0.25) is 5.82 Å². The van der Waals surface area contributed by atoms with E-state index < -0.39 is 23.2 Å². The highest BCUT2D eigenvalue weighted by molar-refractivity contribution is 7.92. The smallest absolute Gasteiger partial charge is 0.451 e. The molecule has 1 unspecified atom stereocenters. The monoisotopic (exact) mass is 295 g/mol. The van der Waals surface area contributed by atoms with Crippen molar-refractivity contribution in [1.82, 2.24) is 15.0 Å². The van der Waals surface area contributed by atoms with Gasteiger partial charge in [0.15, 0.2) is 5.65 Å². The van der Waals surface area contributed by atoms with E-state index in [1.54, 1.807) is 6.92 Å². The molecule has 0 saturated heterocycles. The molecular formula is C9H8F3N3OS2. The number of alkyl halides is 3. The van der Waals surface area contributed by atoms with E-state index in [4.69, 9.17) is 0 Å². The summed E-state index contributed by atoms with van der Waals surface area (Å²) in [7, 11) is 0. The van der Waals surface area contributed by atoms with Gasteiger partial charge in [-0.05, 0) is 6.42 Å². The van der Waals surface area contributed by atoms with E-state index in [0.717, 1.165) is 11.3 Å². The van der Waals surface area contributed by atoms with Crippen molar-refractivity contribution in [3.05, 3.63) is 11.5 Å². The lowest BCUT2D eigenvalue weighted by molar-refractivity contribution is -0.144. The van der Waals surface area contributed by atoms with Crippen LogP contribution < -0.4 is 0 Å². The second-order valence-corrected chi connectivity index (χ2v) is 5.98. The lowest BCUT2D eigenvalue weighted by atomic mass is 10.3. The fraction of sp³-hybridized carbons (Fsp3) is 0.444. The molecular weight excluding hydrogens is 287 g/mol. The Balaban J connectivity index is 2.68. The van der Waals surface area contributed by atoms with Crippen LogP contribution in [0.3, 0.4) is 0 Å². The summed E-state index contributed by atoms with van der Waals surface area (Å²) in [6, 6.07) is 0. The van der Waals surface area contributed by atoms with Crippen molar-refractivity contribution in [3.63, 3.8) is 0 Å². The lowest BCUT2D eigenvalue weighted by Crippen LogP contribution is -2.12. The van der Waals surface area contributed by atoms with Gasteiger partial charge in [0, 0.05) is 11.2 Å². The number of halogens is 3. The number of fused-ring (bicyclic) bond motifs is 1. The minimum atomic E-state index is -4.60. The van der Waals surface area contributed by atoms with Gasteiger partial charge in [0.1, 0.15) is 6.26 Å². The third-order valence-corrected chi connectivity index (χ3v) is 4.56. The Morgan fingerprint density at radius 1 is 1.28 bits per heavy atom. The highest BCUT2D eigenvalue weighted by Gasteiger charge is 2.36. The van der Waals surface area contributed by atoms with Crippen LogP contribution >= 0.6 is 11.3 Å². The second-order valence-electron chi connectivity index (χ2n) is 3.43. The molecule has 2 heterocycles. The van der Waals surface area contributed by atoms with Gasteiger partial charge in [-0.1, -0.05) is 18.3 Å². The third kappa shape index (κ3) is 2.43. The maximum atomic E-state index is 12.6. The van der Waals surface area contributed by atoms with E-state index in [2.05, 4.69) is 15.0 Å². The second kappa shape index (κ2) is 4.63. The zero-order valence-corrected chi connectivity index (χ0v) is 11.0. The minimum Gasteiger partial charge on any atom is -0.610 e. The number of nitrogens with zero attached hydrogens (tertiary/aromatic N) is 3. The van der Waals surface area contributed by atoms with Gasteiger partial charge in [0.05, 0.1) is 10.4 Å². The van der Waals surface area contributed by atoms with E-state index in [-0.39, 0.29) is 15.7 Å². The van der Waals surface area contributed by atoms with Gasteiger partial charge in [-0.3, -0.25) is 0 Å². The van der Waals surface area contributed by atoms with Crippen molar-refractivity contribution in [1.29, 1.82) is 0 Å². The van der Waals surface area contributed by atoms with Crippen LogP contribution in [0.4, 0.5) is 13.2 Å². The average Bonchev–Trinajstić information content (AvgIpc) is 2.70. The Labute approximate surface area is 107 Å². The molecule has 0 spiro atoms. The summed E-state index contributed by atoms with van der Waals surface area (Å²) in [6.45, 7) is 1.70. The Hall–Kier alpha value is -0.930. The Morgan fingerprint density at radius 3 is 2.44 bits per heavy atom. The minimum absolute atomic E-state index is 0.0376. The number of aromatic nitrogens is 3. The molecule has 0 fully saturated rings. The molecule has 2 aromatic rings. The molecule has 0 aliphatic rings. The summed E-state index contributed by atoms with van der Waals surface area (Å²) in [5, 5.41) is 0. The maximum absolute atomic E-state index is 12.6. The highest BCUT2D eigenvalue weighted by atomic mass is 32.2. The SMILES string of the molecule is CCc1nc(C(F)(F)F)nc2nc([S+](C)[O-])sc12. The van der Waals surface area contributed by atoms with Gasteiger partial charge in [0.25, 0.3) is 0 Å². The van der Waals surface area contributed by atoms with Crippen LogP contribution in [0.2, 0.25) is 0 Å². The van der Waals surface area contributed by atoms with E-state index in [0.29, 0.717) is 11.1 Å². The van der Waals surface area contributed by atoms with Crippen LogP contribution in [0.5, 0.6) is 0 Å². The fourth-order valence-corrected chi connectivity index (χ4v) is 3.08. The van der Waals surface area contributed by atoms with Crippen LogP contribution in [0, 0.1) is 0 Å². The van der Waals surface area contributed by atoms with Crippen molar-refractivity contribution in [3.8, 4) is 0 Å². The Kier molecular flexibility index (Phi) is 3.47. The highest BCUT2D eigenvalue weighted by Crippen LogP contribution is 2.31. The van der Waals surface area contributed by atoms with Crippen molar-refractivity contribution in [2.75, 3.05) is 6.26 Å². The first kappa shape index (κ1) is 13.5. The van der Waals surface area contributed by atoms with E-state index >= 15 is 0 Å². The third-order valence-electron chi connectivity index (χ3n) is 2.14. The van der Waals surface area contributed by atoms with Gasteiger partial charge in [-0.25, -0.2) is 9.97 Å². The topological polar surface area (TPSA) is 61.7 Å². The molecule has 1 atom stereocenters. The summed E-state index contributed by atoms with van der Waals surface area (Å²) in [5.41, 5.74) is 0.242. The van der Waals surface area contributed by atoms with Crippen LogP contribution in [-0.2, 0) is 23.8 Å². The number of rotatable bonds is 2. The molecule has 0 aromatic carbocycles. The van der Waals surface area contributed by atoms with Crippen LogP contribution in [0.1, 0.15) is 18.4 Å². The van der Waals surface area contributed by atoms with Crippen molar-refractivity contribution >= 4 is 32.9 Å². The van der Waals surface area contributed by atoms with Crippen molar-refractivity contribution < 1.29 is 17.7 Å². The molecule has 4 nitrogen and oxygen atoms in total. The van der Waals surface area contributed by atoms with Crippen LogP contribution in [0.15, 0.2) is 4.34 Å². The standard InChI is InChI=1S/C9H8F3N3OS2/c1-3-4-5-6(15-8(17-5)18(2)16)14-7(13-4)9(10,11)12/h3H2,1-2H3. The van der Waals surface area contributed by atoms with E-state index in [9.17, 15) is 17.7 Å². The Bertz CT molecular complexity index is 582. The summed E-state index contributed by atoms with van der Waals surface area (Å²) >= 11 is -0.269. The first-order chi connectivity index (χ1) is 8.32.